The van der Waals surface area contributed by atoms with Crippen LogP contribution in [0.15, 0.2) is 89.4 Å². The van der Waals surface area contributed by atoms with Crippen LogP contribution in [0.1, 0.15) is 5.76 Å². The summed E-state index contributed by atoms with van der Waals surface area (Å²) in [6, 6.07) is 24.4. The van der Waals surface area contributed by atoms with Crippen LogP contribution in [-0.2, 0) is 4.79 Å². The molecule has 0 aliphatic carbocycles. The number of aromatic nitrogens is 1. The fraction of sp³-hybridized carbons (Fsp3) is 0. The van der Waals surface area contributed by atoms with E-state index in [2.05, 4.69) is 21.7 Å². The first-order valence-electron chi connectivity index (χ1n) is 10.8. The number of carbonyl (C=O) groups excluding carboxylic acids is 1. The number of hydrogen-bond donors (Lipinski definition) is 2. The largest absolute Gasteiger partial charge is 0.457 e. The molecule has 0 radical (unpaired) electrons. The highest BCUT2D eigenvalue weighted by molar-refractivity contribution is 7.80. The predicted molar refractivity (Wildman–Crippen MR) is 153 cm³/mol. The van der Waals surface area contributed by atoms with Crippen molar-refractivity contribution in [3.63, 3.8) is 0 Å². The van der Waals surface area contributed by atoms with Crippen molar-refractivity contribution >= 4 is 79.8 Å². The molecule has 2 heterocycles. The molecule has 5 nitrogen and oxygen atoms in total. The molecule has 1 amide bonds. The van der Waals surface area contributed by atoms with E-state index in [0.717, 1.165) is 32.0 Å². The molecule has 0 atom stereocenters. The molecule has 0 fully saturated rings. The summed E-state index contributed by atoms with van der Waals surface area (Å²) < 4.78 is 6.91. The van der Waals surface area contributed by atoms with Gasteiger partial charge in [0.1, 0.15) is 16.5 Å². The molecule has 2 aromatic heterocycles. The highest BCUT2D eigenvalue weighted by Crippen LogP contribution is 2.31. The number of benzene rings is 3. The SMILES string of the molecule is O=C(/C=C/c1ccc(-c2cc(Cl)cc(Cl)c2)o1)NC(=S)Nc1ccc(-c2nc3ccccc3s2)cc1. The second kappa shape index (κ2) is 10.6. The number of nitrogens with zero attached hydrogens (tertiary/aromatic N) is 1. The van der Waals surface area contributed by atoms with Crippen molar-refractivity contribution in [3.8, 4) is 21.9 Å². The number of para-hydroxylation sites is 1. The third-order valence-corrected chi connectivity index (χ3v) is 6.82. The monoisotopic (exact) mass is 549 g/mol. The molecule has 0 saturated carbocycles. The van der Waals surface area contributed by atoms with Gasteiger partial charge in [0.25, 0.3) is 0 Å². The minimum atomic E-state index is -0.387. The molecular formula is C27H17Cl2N3O2S2. The van der Waals surface area contributed by atoms with Crippen LogP contribution in [0, 0.1) is 0 Å². The Bertz CT molecular complexity index is 1550. The quantitative estimate of drug-likeness (QED) is 0.171. The highest BCUT2D eigenvalue weighted by Gasteiger charge is 2.08. The molecule has 36 heavy (non-hydrogen) atoms. The number of rotatable bonds is 5. The minimum Gasteiger partial charge on any atom is -0.457 e. The number of halogens is 2. The van der Waals surface area contributed by atoms with Gasteiger partial charge in [-0.3, -0.25) is 10.1 Å². The third kappa shape index (κ3) is 5.83. The van der Waals surface area contributed by atoms with E-state index < -0.39 is 0 Å². The molecule has 0 aliphatic rings. The molecule has 3 aromatic carbocycles. The van der Waals surface area contributed by atoms with Gasteiger partial charge in [0.15, 0.2) is 5.11 Å². The number of fused-ring (bicyclic) bond motifs is 1. The Labute approximate surface area is 226 Å². The van der Waals surface area contributed by atoms with E-state index >= 15 is 0 Å². The van der Waals surface area contributed by atoms with E-state index in [1.165, 1.54) is 6.08 Å². The van der Waals surface area contributed by atoms with Gasteiger partial charge in [0.2, 0.25) is 5.91 Å². The van der Waals surface area contributed by atoms with Crippen LogP contribution in [-0.4, -0.2) is 16.0 Å². The van der Waals surface area contributed by atoms with Crippen molar-refractivity contribution in [3.05, 3.63) is 101 Å². The molecule has 0 bridgehead atoms. The molecule has 5 rings (SSSR count). The summed E-state index contributed by atoms with van der Waals surface area (Å²) in [7, 11) is 0. The van der Waals surface area contributed by atoms with Gasteiger partial charge in [-0.2, -0.15) is 0 Å². The molecular weight excluding hydrogens is 533 g/mol. The fourth-order valence-electron chi connectivity index (χ4n) is 3.46. The Balaban J connectivity index is 1.17. The summed E-state index contributed by atoms with van der Waals surface area (Å²) in [4.78, 5) is 17.0. The van der Waals surface area contributed by atoms with Crippen molar-refractivity contribution in [1.29, 1.82) is 0 Å². The second-order valence-corrected chi connectivity index (χ2v) is 10.0. The number of hydrogen-bond acceptors (Lipinski definition) is 5. The van der Waals surface area contributed by atoms with Crippen LogP contribution in [0.4, 0.5) is 5.69 Å². The van der Waals surface area contributed by atoms with E-state index in [0.29, 0.717) is 21.6 Å². The van der Waals surface area contributed by atoms with E-state index in [4.69, 9.17) is 39.8 Å². The lowest BCUT2D eigenvalue weighted by Gasteiger charge is -2.08. The minimum absolute atomic E-state index is 0.186. The van der Waals surface area contributed by atoms with Crippen molar-refractivity contribution in [2.75, 3.05) is 5.32 Å². The summed E-state index contributed by atoms with van der Waals surface area (Å²) in [6.45, 7) is 0. The molecule has 0 aliphatic heterocycles. The Morgan fingerprint density at radius 1 is 0.944 bits per heavy atom. The average molecular weight is 550 g/mol. The van der Waals surface area contributed by atoms with Crippen molar-refractivity contribution in [1.82, 2.24) is 10.3 Å². The lowest BCUT2D eigenvalue weighted by atomic mass is 10.2. The maximum atomic E-state index is 12.3. The first-order chi connectivity index (χ1) is 17.4. The fourth-order valence-corrected chi connectivity index (χ4v) is 5.17. The number of carbonyl (C=O) groups is 1. The van der Waals surface area contributed by atoms with E-state index in [1.807, 2.05) is 42.5 Å². The summed E-state index contributed by atoms with van der Waals surface area (Å²) >= 11 is 19.0. The van der Waals surface area contributed by atoms with Crippen LogP contribution in [0.25, 0.3) is 38.2 Å². The normalized spacial score (nSPS) is 11.2. The Kier molecular flexibility index (Phi) is 7.16. The van der Waals surface area contributed by atoms with E-state index in [9.17, 15) is 4.79 Å². The van der Waals surface area contributed by atoms with Gasteiger partial charge in [-0.15, -0.1) is 11.3 Å². The van der Waals surface area contributed by atoms with Crippen molar-refractivity contribution in [2.45, 2.75) is 0 Å². The molecule has 2 N–H and O–H groups in total. The summed E-state index contributed by atoms with van der Waals surface area (Å²) in [5.41, 5.74) is 3.50. The lowest BCUT2D eigenvalue weighted by molar-refractivity contribution is -0.115. The predicted octanol–water partition coefficient (Wildman–Crippen LogP) is 8.06. The second-order valence-electron chi connectivity index (χ2n) is 7.70. The van der Waals surface area contributed by atoms with Crippen LogP contribution in [0.5, 0.6) is 0 Å². The van der Waals surface area contributed by atoms with Crippen LogP contribution < -0.4 is 10.6 Å². The summed E-state index contributed by atoms with van der Waals surface area (Å²) in [5, 5.41) is 7.79. The third-order valence-electron chi connectivity index (χ3n) is 5.09. The van der Waals surface area contributed by atoms with Crippen molar-refractivity contribution in [2.24, 2.45) is 0 Å². The molecule has 5 aromatic rings. The van der Waals surface area contributed by atoms with Crippen LogP contribution >= 0.6 is 46.8 Å². The van der Waals surface area contributed by atoms with E-state index in [1.54, 1.807) is 47.7 Å². The van der Waals surface area contributed by atoms with Gasteiger partial charge in [0, 0.05) is 32.9 Å². The molecule has 9 heteroatoms. The number of thiocarbonyl (C=S) groups is 1. The van der Waals surface area contributed by atoms with Crippen LogP contribution in [0.3, 0.4) is 0 Å². The van der Waals surface area contributed by atoms with Gasteiger partial charge < -0.3 is 9.73 Å². The molecule has 178 valence electrons. The molecule has 0 spiro atoms. The van der Waals surface area contributed by atoms with Gasteiger partial charge in [-0.25, -0.2) is 4.98 Å². The lowest BCUT2D eigenvalue weighted by Crippen LogP contribution is -2.32. The van der Waals surface area contributed by atoms with Gasteiger partial charge in [-0.1, -0.05) is 35.3 Å². The summed E-state index contributed by atoms with van der Waals surface area (Å²) in [6.07, 6.45) is 2.90. The number of amides is 1. The van der Waals surface area contributed by atoms with Crippen LogP contribution in [0.2, 0.25) is 10.0 Å². The first-order valence-corrected chi connectivity index (χ1v) is 12.7. The van der Waals surface area contributed by atoms with Gasteiger partial charge >= 0.3 is 0 Å². The topological polar surface area (TPSA) is 67.2 Å². The first kappa shape index (κ1) is 24.2. The van der Waals surface area contributed by atoms with Gasteiger partial charge in [-0.05, 0) is 85.0 Å². The Morgan fingerprint density at radius 2 is 1.69 bits per heavy atom. The maximum Gasteiger partial charge on any atom is 0.250 e. The number of anilines is 1. The highest BCUT2D eigenvalue weighted by atomic mass is 35.5. The van der Waals surface area contributed by atoms with Crippen molar-refractivity contribution < 1.29 is 9.21 Å². The zero-order valence-corrected chi connectivity index (χ0v) is 21.6. The van der Waals surface area contributed by atoms with Gasteiger partial charge in [0.05, 0.1) is 10.2 Å². The Morgan fingerprint density at radius 3 is 2.44 bits per heavy atom. The number of furan rings is 1. The molecule has 0 saturated heterocycles. The zero-order valence-electron chi connectivity index (χ0n) is 18.5. The standard InChI is InChI=1S/C27H17Cl2N3O2S2/c28-18-13-17(14-19(29)15-18)23-11-9-21(34-23)10-12-25(33)32-27(35)30-20-7-5-16(6-8-20)26-31-22-3-1-2-4-24(22)36-26/h1-15H,(H2,30,32,33,35)/b12-10+. The molecule has 0 unspecified atom stereocenters. The average Bonchev–Trinajstić information content (AvgIpc) is 3.50. The smallest absolute Gasteiger partial charge is 0.250 e. The van der Waals surface area contributed by atoms with E-state index in [-0.39, 0.29) is 11.0 Å². The zero-order chi connectivity index (χ0) is 25.1. The number of nitrogens with one attached hydrogen (secondary N) is 2. The maximum absolute atomic E-state index is 12.3. The summed E-state index contributed by atoms with van der Waals surface area (Å²) in [5.74, 6) is 0.703. The Hall–Kier alpha value is -3.49. The number of thiazole rings is 1.